The van der Waals surface area contributed by atoms with Gasteiger partial charge in [0.25, 0.3) is 0 Å². The van der Waals surface area contributed by atoms with Crippen molar-refractivity contribution < 1.29 is 13.9 Å². The highest BCUT2D eigenvalue weighted by Gasteiger charge is 2.08. The van der Waals surface area contributed by atoms with Gasteiger partial charge in [0.2, 0.25) is 5.91 Å². The third-order valence-corrected chi connectivity index (χ3v) is 2.59. The molecule has 0 fully saturated rings. The van der Waals surface area contributed by atoms with Gasteiger partial charge >= 0.3 is 0 Å². The molecule has 0 unspecified atom stereocenters. The number of nitrogens with one attached hydrogen (secondary N) is 1. The van der Waals surface area contributed by atoms with E-state index in [2.05, 4.69) is 15.6 Å². The molecule has 3 N–H and O–H groups in total. The molecule has 0 radical (unpaired) electrons. The molecular weight excluding hydrogens is 265 g/mol. The summed E-state index contributed by atoms with van der Waals surface area (Å²) in [6.07, 6.45) is 1.63. The highest BCUT2D eigenvalue weighted by atomic mass is 19.1. The zero-order valence-electron chi connectivity index (χ0n) is 10.8. The number of amides is 1. The smallest absolute Gasteiger partial charge is 0.234 e. The number of aromatic nitrogens is 3. The lowest BCUT2D eigenvalue weighted by atomic mass is 10.3. The van der Waals surface area contributed by atoms with Crippen LogP contribution in [-0.2, 0) is 11.3 Å². The average Bonchev–Trinajstić information content (AvgIpc) is 2.94. The topological polar surface area (TPSA) is 95.1 Å². The Bertz CT molecular complexity index is 614. The number of hydrogen-bond donors (Lipinski definition) is 2. The molecule has 0 saturated heterocycles. The third-order valence-electron chi connectivity index (χ3n) is 2.59. The van der Waals surface area contributed by atoms with Gasteiger partial charge in [-0.05, 0) is 12.1 Å². The predicted octanol–water partition coefficient (Wildman–Crippen LogP) is -0.0101. The number of methoxy groups -OCH3 is 1. The molecule has 106 valence electrons. The van der Waals surface area contributed by atoms with E-state index in [-0.39, 0.29) is 24.7 Å². The highest BCUT2D eigenvalue weighted by molar-refractivity contribution is 5.77. The number of carbonyl (C=O) groups is 1. The highest BCUT2D eigenvalue weighted by Crippen LogP contribution is 2.20. The molecule has 0 aliphatic heterocycles. The zero-order valence-corrected chi connectivity index (χ0v) is 10.8. The fraction of sp³-hybridized carbons (Fsp3) is 0.250. The number of rotatable bonds is 5. The van der Waals surface area contributed by atoms with Gasteiger partial charge in [0.15, 0.2) is 11.6 Å². The van der Waals surface area contributed by atoms with Gasteiger partial charge in [-0.25, -0.2) is 9.07 Å². The van der Waals surface area contributed by atoms with E-state index in [0.29, 0.717) is 11.4 Å². The number of benzene rings is 1. The van der Waals surface area contributed by atoms with E-state index in [4.69, 9.17) is 10.5 Å². The summed E-state index contributed by atoms with van der Waals surface area (Å²) in [5.74, 6) is -0.606. The SMILES string of the molecule is COc1cc(-n2cc(CNC(=O)CN)nn2)ccc1F. The first kappa shape index (κ1) is 13.9. The Morgan fingerprint density at radius 1 is 1.55 bits per heavy atom. The first-order valence-corrected chi connectivity index (χ1v) is 5.86. The van der Waals surface area contributed by atoms with Crippen molar-refractivity contribution in [1.82, 2.24) is 20.3 Å². The molecule has 0 atom stereocenters. The van der Waals surface area contributed by atoms with E-state index >= 15 is 0 Å². The van der Waals surface area contributed by atoms with Gasteiger partial charge in [-0.1, -0.05) is 5.21 Å². The van der Waals surface area contributed by atoms with Crippen LogP contribution in [0, 0.1) is 5.82 Å². The summed E-state index contributed by atoms with van der Waals surface area (Å²) < 4.78 is 19.7. The summed E-state index contributed by atoms with van der Waals surface area (Å²) in [6, 6.07) is 4.34. The number of nitrogens with zero attached hydrogens (tertiary/aromatic N) is 3. The third kappa shape index (κ3) is 3.09. The first-order valence-electron chi connectivity index (χ1n) is 5.86. The minimum absolute atomic E-state index is 0.0801. The maximum absolute atomic E-state index is 13.3. The molecule has 0 saturated carbocycles. The van der Waals surface area contributed by atoms with Crippen molar-refractivity contribution in [3.05, 3.63) is 35.9 Å². The molecule has 1 heterocycles. The van der Waals surface area contributed by atoms with Crippen LogP contribution >= 0.6 is 0 Å². The zero-order chi connectivity index (χ0) is 14.5. The van der Waals surface area contributed by atoms with Gasteiger partial charge in [0.05, 0.1) is 32.1 Å². The van der Waals surface area contributed by atoms with E-state index in [9.17, 15) is 9.18 Å². The summed E-state index contributed by atoms with van der Waals surface area (Å²) in [5.41, 5.74) is 6.34. The van der Waals surface area contributed by atoms with E-state index in [0.717, 1.165) is 0 Å². The van der Waals surface area contributed by atoms with Gasteiger partial charge in [-0.3, -0.25) is 4.79 Å². The van der Waals surface area contributed by atoms with Crippen LogP contribution in [0.25, 0.3) is 5.69 Å². The van der Waals surface area contributed by atoms with Crippen LogP contribution < -0.4 is 15.8 Å². The Labute approximate surface area is 114 Å². The van der Waals surface area contributed by atoms with Crippen molar-refractivity contribution in [1.29, 1.82) is 0 Å². The molecule has 2 rings (SSSR count). The molecule has 0 bridgehead atoms. The van der Waals surface area contributed by atoms with Crippen molar-refractivity contribution in [3.63, 3.8) is 0 Å². The quantitative estimate of drug-likeness (QED) is 0.802. The molecule has 1 aromatic carbocycles. The average molecular weight is 279 g/mol. The predicted molar refractivity (Wildman–Crippen MR) is 68.8 cm³/mol. The fourth-order valence-corrected chi connectivity index (χ4v) is 1.56. The molecule has 8 heteroatoms. The van der Waals surface area contributed by atoms with Crippen molar-refractivity contribution >= 4 is 5.91 Å². The molecular formula is C12H14FN5O2. The van der Waals surface area contributed by atoms with E-state index < -0.39 is 5.82 Å². The van der Waals surface area contributed by atoms with Gasteiger partial charge in [0, 0.05) is 6.07 Å². The van der Waals surface area contributed by atoms with Crippen LogP contribution in [-0.4, -0.2) is 34.6 Å². The number of halogens is 1. The summed E-state index contributed by atoms with van der Waals surface area (Å²) in [6.45, 7) is 0.150. The Hall–Kier alpha value is -2.48. The van der Waals surface area contributed by atoms with Crippen molar-refractivity contribution in [2.45, 2.75) is 6.54 Å². The first-order chi connectivity index (χ1) is 9.63. The lowest BCUT2D eigenvalue weighted by Gasteiger charge is -2.04. The second-order valence-corrected chi connectivity index (χ2v) is 3.95. The fourth-order valence-electron chi connectivity index (χ4n) is 1.56. The van der Waals surface area contributed by atoms with Crippen LogP contribution in [0.4, 0.5) is 4.39 Å². The maximum Gasteiger partial charge on any atom is 0.234 e. The van der Waals surface area contributed by atoms with Crippen LogP contribution in [0.3, 0.4) is 0 Å². The summed E-state index contributed by atoms with van der Waals surface area (Å²) in [4.78, 5) is 11.0. The van der Waals surface area contributed by atoms with Gasteiger partial charge in [0.1, 0.15) is 5.69 Å². The lowest BCUT2D eigenvalue weighted by molar-refractivity contribution is -0.119. The Balaban J connectivity index is 2.14. The van der Waals surface area contributed by atoms with E-state index in [1.807, 2.05) is 0 Å². The summed E-state index contributed by atoms with van der Waals surface area (Å²) >= 11 is 0. The molecule has 0 aliphatic rings. The van der Waals surface area contributed by atoms with Crippen LogP contribution in [0.1, 0.15) is 5.69 Å². The number of hydrogen-bond acceptors (Lipinski definition) is 5. The van der Waals surface area contributed by atoms with Crippen molar-refractivity contribution in [2.75, 3.05) is 13.7 Å². The Morgan fingerprint density at radius 2 is 2.35 bits per heavy atom. The van der Waals surface area contributed by atoms with Crippen molar-refractivity contribution in [2.24, 2.45) is 5.73 Å². The Kier molecular flexibility index (Phi) is 4.26. The molecule has 20 heavy (non-hydrogen) atoms. The molecule has 7 nitrogen and oxygen atoms in total. The normalized spacial score (nSPS) is 10.3. The van der Waals surface area contributed by atoms with E-state index in [1.165, 1.54) is 23.9 Å². The second-order valence-electron chi connectivity index (χ2n) is 3.95. The molecule has 0 aliphatic carbocycles. The van der Waals surface area contributed by atoms with Gasteiger partial charge < -0.3 is 15.8 Å². The van der Waals surface area contributed by atoms with Gasteiger partial charge in [-0.15, -0.1) is 5.10 Å². The summed E-state index contributed by atoms with van der Waals surface area (Å²) in [7, 11) is 1.39. The maximum atomic E-state index is 13.3. The number of carbonyl (C=O) groups excluding carboxylic acids is 1. The van der Waals surface area contributed by atoms with E-state index in [1.54, 1.807) is 12.3 Å². The minimum atomic E-state index is -0.452. The van der Waals surface area contributed by atoms with Crippen molar-refractivity contribution in [3.8, 4) is 11.4 Å². The summed E-state index contributed by atoms with van der Waals surface area (Å²) in [5, 5.41) is 10.4. The lowest BCUT2D eigenvalue weighted by Crippen LogP contribution is -2.29. The molecule has 0 spiro atoms. The van der Waals surface area contributed by atoms with Gasteiger partial charge in [-0.2, -0.15) is 0 Å². The van der Waals surface area contributed by atoms with Crippen LogP contribution in [0.5, 0.6) is 5.75 Å². The number of ether oxygens (including phenoxy) is 1. The van der Waals surface area contributed by atoms with Crippen LogP contribution in [0.2, 0.25) is 0 Å². The standard InChI is InChI=1S/C12H14FN5O2/c1-20-11-4-9(2-3-10(11)13)18-7-8(16-17-18)6-15-12(19)5-14/h2-4,7H,5-6,14H2,1H3,(H,15,19). The molecule has 2 aromatic rings. The largest absolute Gasteiger partial charge is 0.494 e. The monoisotopic (exact) mass is 279 g/mol. The molecule has 1 aromatic heterocycles. The number of nitrogens with two attached hydrogens (primary N) is 1. The Morgan fingerprint density at radius 3 is 3.05 bits per heavy atom. The second kappa shape index (κ2) is 6.11. The minimum Gasteiger partial charge on any atom is -0.494 e. The molecule has 1 amide bonds. The van der Waals surface area contributed by atoms with Crippen LogP contribution in [0.15, 0.2) is 24.4 Å².